The fourth-order valence-corrected chi connectivity index (χ4v) is 1.44. The molecule has 1 heterocycles. The third-order valence-corrected chi connectivity index (χ3v) is 2.41. The van der Waals surface area contributed by atoms with Crippen LogP contribution in [0.1, 0.15) is 16.8 Å². The van der Waals surface area contributed by atoms with Gasteiger partial charge in [-0.1, -0.05) is 0 Å². The Labute approximate surface area is 108 Å². The van der Waals surface area contributed by atoms with Crippen molar-refractivity contribution in [3.05, 3.63) is 36.2 Å². The van der Waals surface area contributed by atoms with Crippen LogP contribution in [0.5, 0.6) is 0 Å². The zero-order chi connectivity index (χ0) is 13.7. The SMILES string of the molecule is NC(=O)c1ccc(NC(=O)CCn2cnnn2)cc1. The lowest BCUT2D eigenvalue weighted by atomic mass is 10.2. The van der Waals surface area contributed by atoms with Gasteiger partial charge in [0.15, 0.2) is 0 Å². The number of aryl methyl sites for hydroxylation is 1. The van der Waals surface area contributed by atoms with Crippen molar-refractivity contribution in [2.75, 3.05) is 5.32 Å². The van der Waals surface area contributed by atoms with Crippen molar-refractivity contribution in [3.8, 4) is 0 Å². The molecule has 0 radical (unpaired) electrons. The van der Waals surface area contributed by atoms with Gasteiger partial charge < -0.3 is 11.1 Å². The molecule has 0 fully saturated rings. The fourth-order valence-electron chi connectivity index (χ4n) is 1.44. The van der Waals surface area contributed by atoms with Gasteiger partial charge in [0.05, 0.1) is 6.54 Å². The number of anilines is 1. The lowest BCUT2D eigenvalue weighted by molar-refractivity contribution is -0.116. The first-order chi connectivity index (χ1) is 9.15. The van der Waals surface area contributed by atoms with Crippen molar-refractivity contribution in [3.63, 3.8) is 0 Å². The number of primary amides is 1. The van der Waals surface area contributed by atoms with E-state index in [1.54, 1.807) is 24.3 Å². The zero-order valence-corrected chi connectivity index (χ0v) is 9.98. The van der Waals surface area contributed by atoms with E-state index in [1.165, 1.54) is 11.0 Å². The van der Waals surface area contributed by atoms with Crippen LogP contribution < -0.4 is 11.1 Å². The molecule has 0 bridgehead atoms. The van der Waals surface area contributed by atoms with Crippen LogP contribution in [-0.2, 0) is 11.3 Å². The summed E-state index contributed by atoms with van der Waals surface area (Å²) in [7, 11) is 0. The van der Waals surface area contributed by atoms with Crippen molar-refractivity contribution < 1.29 is 9.59 Å². The average molecular weight is 260 g/mol. The summed E-state index contributed by atoms with van der Waals surface area (Å²) in [5.41, 5.74) is 6.12. The van der Waals surface area contributed by atoms with Crippen LogP contribution >= 0.6 is 0 Å². The molecule has 0 atom stereocenters. The number of aromatic nitrogens is 4. The van der Waals surface area contributed by atoms with Gasteiger partial charge in [0, 0.05) is 17.7 Å². The number of hydrogen-bond donors (Lipinski definition) is 2. The summed E-state index contributed by atoms with van der Waals surface area (Å²) in [6, 6.07) is 6.35. The summed E-state index contributed by atoms with van der Waals surface area (Å²) < 4.78 is 1.47. The first-order valence-corrected chi connectivity index (χ1v) is 5.55. The first kappa shape index (κ1) is 12.7. The Morgan fingerprint density at radius 2 is 2.00 bits per heavy atom. The second-order valence-corrected chi connectivity index (χ2v) is 3.81. The van der Waals surface area contributed by atoms with Crippen molar-refractivity contribution in [2.24, 2.45) is 5.73 Å². The minimum atomic E-state index is -0.503. The maximum Gasteiger partial charge on any atom is 0.248 e. The van der Waals surface area contributed by atoms with Gasteiger partial charge in [-0.3, -0.25) is 9.59 Å². The highest BCUT2D eigenvalue weighted by atomic mass is 16.2. The van der Waals surface area contributed by atoms with E-state index in [-0.39, 0.29) is 12.3 Å². The van der Waals surface area contributed by atoms with Gasteiger partial charge in [0.25, 0.3) is 0 Å². The molecule has 8 heteroatoms. The van der Waals surface area contributed by atoms with Gasteiger partial charge in [0.1, 0.15) is 6.33 Å². The number of benzene rings is 1. The molecule has 0 saturated heterocycles. The molecule has 0 aliphatic heterocycles. The highest BCUT2D eigenvalue weighted by Crippen LogP contribution is 2.09. The summed E-state index contributed by atoms with van der Waals surface area (Å²) in [6.45, 7) is 0.401. The number of hydrogen-bond acceptors (Lipinski definition) is 5. The smallest absolute Gasteiger partial charge is 0.248 e. The van der Waals surface area contributed by atoms with Crippen molar-refractivity contribution in [1.29, 1.82) is 0 Å². The quantitative estimate of drug-likeness (QED) is 0.772. The number of carbonyl (C=O) groups excluding carboxylic acids is 2. The Hall–Kier alpha value is -2.77. The molecule has 2 aromatic rings. The Bertz CT molecular complexity index is 563. The molecular weight excluding hydrogens is 248 g/mol. The average Bonchev–Trinajstić information content (AvgIpc) is 2.90. The maximum absolute atomic E-state index is 11.6. The van der Waals surface area contributed by atoms with E-state index in [0.29, 0.717) is 17.8 Å². The first-order valence-electron chi connectivity index (χ1n) is 5.55. The van der Waals surface area contributed by atoms with Crippen LogP contribution in [0.25, 0.3) is 0 Å². The summed E-state index contributed by atoms with van der Waals surface area (Å²) in [4.78, 5) is 22.5. The third-order valence-electron chi connectivity index (χ3n) is 2.41. The summed E-state index contributed by atoms with van der Waals surface area (Å²) in [5, 5.41) is 13.3. The molecule has 2 amide bonds. The lowest BCUT2D eigenvalue weighted by Crippen LogP contribution is -2.15. The van der Waals surface area contributed by atoms with Gasteiger partial charge in [0.2, 0.25) is 11.8 Å². The third kappa shape index (κ3) is 3.60. The van der Waals surface area contributed by atoms with Gasteiger partial charge in [-0.15, -0.1) is 5.10 Å². The molecule has 0 spiro atoms. The Balaban J connectivity index is 1.86. The van der Waals surface area contributed by atoms with Crippen LogP contribution in [0, 0.1) is 0 Å². The van der Waals surface area contributed by atoms with Gasteiger partial charge >= 0.3 is 0 Å². The van der Waals surface area contributed by atoms with Crippen LogP contribution in [0.15, 0.2) is 30.6 Å². The minimum Gasteiger partial charge on any atom is -0.366 e. The molecule has 0 saturated carbocycles. The Morgan fingerprint density at radius 3 is 2.58 bits per heavy atom. The van der Waals surface area contributed by atoms with Crippen LogP contribution in [0.3, 0.4) is 0 Å². The molecule has 0 aliphatic carbocycles. The van der Waals surface area contributed by atoms with E-state index in [2.05, 4.69) is 20.8 Å². The maximum atomic E-state index is 11.6. The fraction of sp³-hybridized carbons (Fsp3) is 0.182. The Morgan fingerprint density at radius 1 is 1.26 bits per heavy atom. The number of nitrogens with one attached hydrogen (secondary N) is 1. The highest BCUT2D eigenvalue weighted by molar-refractivity contribution is 5.94. The second kappa shape index (κ2) is 5.71. The normalized spacial score (nSPS) is 10.1. The highest BCUT2D eigenvalue weighted by Gasteiger charge is 2.05. The minimum absolute atomic E-state index is 0.165. The van der Waals surface area contributed by atoms with E-state index >= 15 is 0 Å². The molecule has 0 aliphatic rings. The zero-order valence-electron chi connectivity index (χ0n) is 9.98. The molecule has 19 heavy (non-hydrogen) atoms. The standard InChI is InChI=1S/C11H12N6O2/c12-11(19)8-1-3-9(4-2-8)14-10(18)5-6-17-7-13-15-16-17/h1-4,7H,5-6H2,(H2,12,19)(H,14,18). The molecule has 98 valence electrons. The molecule has 3 N–H and O–H groups in total. The van der Waals surface area contributed by atoms with Crippen LogP contribution in [-0.4, -0.2) is 32.0 Å². The van der Waals surface area contributed by atoms with E-state index < -0.39 is 5.91 Å². The van der Waals surface area contributed by atoms with E-state index in [4.69, 9.17) is 5.73 Å². The number of tetrazole rings is 1. The van der Waals surface area contributed by atoms with E-state index in [0.717, 1.165) is 0 Å². The number of nitrogens with two attached hydrogens (primary N) is 1. The summed E-state index contributed by atoms with van der Waals surface area (Å²) >= 11 is 0. The monoisotopic (exact) mass is 260 g/mol. The number of amides is 2. The van der Waals surface area contributed by atoms with Crippen LogP contribution in [0.2, 0.25) is 0 Å². The van der Waals surface area contributed by atoms with Crippen molar-refractivity contribution in [2.45, 2.75) is 13.0 Å². The summed E-state index contributed by atoms with van der Waals surface area (Å²) in [5.74, 6) is -0.668. The molecule has 8 nitrogen and oxygen atoms in total. The summed E-state index contributed by atoms with van der Waals surface area (Å²) in [6.07, 6.45) is 1.69. The molecule has 0 unspecified atom stereocenters. The predicted molar refractivity (Wildman–Crippen MR) is 66.0 cm³/mol. The second-order valence-electron chi connectivity index (χ2n) is 3.81. The molecule has 1 aromatic carbocycles. The number of nitrogens with zero attached hydrogens (tertiary/aromatic N) is 4. The van der Waals surface area contributed by atoms with Crippen molar-refractivity contribution in [1.82, 2.24) is 20.2 Å². The van der Waals surface area contributed by atoms with E-state index in [9.17, 15) is 9.59 Å². The molecule has 1 aromatic heterocycles. The van der Waals surface area contributed by atoms with Gasteiger partial charge in [-0.25, -0.2) is 4.68 Å². The predicted octanol–water partition coefficient (Wildman–Crippen LogP) is -0.199. The number of carbonyl (C=O) groups is 2. The Kier molecular flexibility index (Phi) is 3.81. The molecule has 2 rings (SSSR count). The number of rotatable bonds is 5. The largest absolute Gasteiger partial charge is 0.366 e. The van der Waals surface area contributed by atoms with Gasteiger partial charge in [-0.05, 0) is 34.7 Å². The van der Waals surface area contributed by atoms with E-state index in [1.807, 2.05) is 0 Å². The lowest BCUT2D eigenvalue weighted by Gasteiger charge is -2.05. The topological polar surface area (TPSA) is 116 Å². The van der Waals surface area contributed by atoms with Crippen LogP contribution in [0.4, 0.5) is 5.69 Å². The van der Waals surface area contributed by atoms with Gasteiger partial charge in [-0.2, -0.15) is 0 Å². The molecular formula is C11H12N6O2. The van der Waals surface area contributed by atoms with Crippen molar-refractivity contribution >= 4 is 17.5 Å².